The first kappa shape index (κ1) is 22.7. The van der Waals surface area contributed by atoms with E-state index in [-0.39, 0.29) is 16.5 Å². The molecule has 0 aliphatic carbocycles. The minimum Gasteiger partial charge on any atom is -0.467 e. The fraction of sp³-hybridized carbons (Fsp3) is 0.579. The highest BCUT2D eigenvalue weighted by Crippen LogP contribution is 2.25. The number of carbonyl (C=O) groups excluding carboxylic acids is 2. The lowest BCUT2D eigenvalue weighted by molar-refractivity contribution is -0.142. The molecule has 1 aromatic rings. The Balaban J connectivity index is 2.21. The first-order chi connectivity index (χ1) is 13.3. The van der Waals surface area contributed by atoms with E-state index in [9.17, 15) is 18.0 Å². The second-order valence-electron chi connectivity index (χ2n) is 6.82. The Labute approximate surface area is 171 Å². The number of nitrogens with one attached hydrogen (secondary N) is 1. The van der Waals surface area contributed by atoms with Crippen LogP contribution in [0.1, 0.15) is 43.0 Å². The van der Waals surface area contributed by atoms with Crippen LogP contribution < -0.4 is 5.32 Å². The van der Waals surface area contributed by atoms with E-state index < -0.39 is 27.9 Å². The van der Waals surface area contributed by atoms with Gasteiger partial charge in [-0.1, -0.05) is 12.5 Å². The molecule has 1 aliphatic heterocycles. The van der Waals surface area contributed by atoms with E-state index in [0.717, 1.165) is 19.3 Å². The molecule has 2 atom stereocenters. The third-order valence-corrected chi connectivity index (χ3v) is 7.50. The average molecular weight is 429 g/mol. The SMILES string of the molecule is COC(=O)C(CCSC)NC(=O)c1cccc(S(=O)(=O)N2CCCCC2C)c1. The van der Waals surface area contributed by atoms with Crippen molar-refractivity contribution in [2.75, 3.05) is 25.7 Å². The quantitative estimate of drug-likeness (QED) is 0.639. The normalized spacial score (nSPS) is 19.0. The number of carbonyl (C=O) groups is 2. The molecule has 0 spiro atoms. The predicted molar refractivity (Wildman–Crippen MR) is 110 cm³/mol. The third kappa shape index (κ3) is 5.48. The molecule has 0 aromatic heterocycles. The van der Waals surface area contributed by atoms with Crippen molar-refractivity contribution in [3.05, 3.63) is 29.8 Å². The van der Waals surface area contributed by atoms with Crippen molar-refractivity contribution in [3.8, 4) is 0 Å². The van der Waals surface area contributed by atoms with E-state index in [0.29, 0.717) is 18.7 Å². The van der Waals surface area contributed by atoms with E-state index in [2.05, 4.69) is 5.32 Å². The summed E-state index contributed by atoms with van der Waals surface area (Å²) in [5, 5.41) is 2.65. The van der Waals surface area contributed by atoms with E-state index in [1.807, 2.05) is 13.2 Å². The summed E-state index contributed by atoms with van der Waals surface area (Å²) in [7, 11) is -2.40. The highest BCUT2D eigenvalue weighted by atomic mass is 32.2. The fourth-order valence-electron chi connectivity index (χ4n) is 3.23. The smallest absolute Gasteiger partial charge is 0.328 e. The van der Waals surface area contributed by atoms with Gasteiger partial charge in [-0.2, -0.15) is 16.1 Å². The summed E-state index contributed by atoms with van der Waals surface area (Å²) in [6.45, 7) is 2.39. The number of thioether (sulfide) groups is 1. The molecule has 156 valence electrons. The number of sulfonamides is 1. The molecule has 1 saturated heterocycles. The maximum atomic E-state index is 13.0. The monoisotopic (exact) mass is 428 g/mol. The number of piperidine rings is 1. The molecule has 0 saturated carbocycles. The van der Waals surface area contributed by atoms with E-state index in [1.165, 1.54) is 29.6 Å². The Bertz CT molecular complexity index is 797. The van der Waals surface area contributed by atoms with Crippen LogP contribution in [0, 0.1) is 0 Å². The van der Waals surface area contributed by atoms with Crippen LogP contribution in [0.3, 0.4) is 0 Å². The van der Waals surface area contributed by atoms with Crippen molar-refractivity contribution in [3.63, 3.8) is 0 Å². The maximum Gasteiger partial charge on any atom is 0.328 e. The number of nitrogens with zero attached hydrogens (tertiary/aromatic N) is 1. The number of esters is 1. The van der Waals surface area contributed by atoms with Gasteiger partial charge in [-0.25, -0.2) is 13.2 Å². The lowest BCUT2D eigenvalue weighted by Crippen LogP contribution is -2.42. The number of ether oxygens (including phenoxy) is 1. The van der Waals surface area contributed by atoms with Gasteiger partial charge in [0.25, 0.3) is 5.91 Å². The second kappa shape index (κ2) is 10.3. The summed E-state index contributed by atoms with van der Waals surface area (Å²) in [6, 6.07) is 5.12. The zero-order valence-corrected chi connectivity index (χ0v) is 18.1. The number of benzene rings is 1. The van der Waals surface area contributed by atoms with Gasteiger partial charge in [-0.05, 0) is 56.4 Å². The van der Waals surface area contributed by atoms with Crippen molar-refractivity contribution in [2.24, 2.45) is 0 Å². The molecule has 9 heteroatoms. The maximum absolute atomic E-state index is 13.0. The molecule has 1 aliphatic rings. The first-order valence-corrected chi connectivity index (χ1v) is 12.1. The standard InChI is InChI=1S/C19H28N2O5S2/c1-14-7-4-5-11-21(14)28(24,25)16-9-6-8-15(13-16)18(22)20-17(10-12-27-3)19(23)26-2/h6,8-9,13-14,17H,4-5,7,10-12H2,1-3H3,(H,20,22). The Morgan fingerprint density at radius 3 is 2.75 bits per heavy atom. The van der Waals surface area contributed by atoms with Gasteiger partial charge >= 0.3 is 5.97 Å². The molecular formula is C19H28N2O5S2. The summed E-state index contributed by atoms with van der Waals surface area (Å²) in [5.41, 5.74) is 0.198. The average Bonchev–Trinajstić information content (AvgIpc) is 2.70. The van der Waals surface area contributed by atoms with Gasteiger partial charge < -0.3 is 10.1 Å². The molecule has 7 nitrogen and oxygen atoms in total. The largest absolute Gasteiger partial charge is 0.467 e. The molecule has 1 fully saturated rings. The van der Waals surface area contributed by atoms with Gasteiger partial charge in [0, 0.05) is 18.2 Å². The van der Waals surface area contributed by atoms with Crippen LogP contribution in [0.5, 0.6) is 0 Å². The van der Waals surface area contributed by atoms with Crippen molar-refractivity contribution in [1.82, 2.24) is 9.62 Å². The second-order valence-corrected chi connectivity index (χ2v) is 9.70. The Hall–Kier alpha value is -1.58. The Morgan fingerprint density at radius 1 is 1.36 bits per heavy atom. The molecule has 1 heterocycles. The van der Waals surface area contributed by atoms with Crippen molar-refractivity contribution >= 4 is 33.7 Å². The first-order valence-electron chi connectivity index (χ1n) is 9.30. The molecule has 2 rings (SSSR count). The Kier molecular flexibility index (Phi) is 8.33. The molecule has 2 unspecified atom stereocenters. The minimum absolute atomic E-state index is 0.0634. The van der Waals surface area contributed by atoms with Gasteiger partial charge in [0.1, 0.15) is 6.04 Å². The van der Waals surface area contributed by atoms with Crippen LogP contribution in [0.2, 0.25) is 0 Å². The topological polar surface area (TPSA) is 92.8 Å². The number of hydrogen-bond acceptors (Lipinski definition) is 6. The number of rotatable bonds is 8. The van der Waals surface area contributed by atoms with E-state index in [4.69, 9.17) is 4.74 Å². The summed E-state index contributed by atoms with van der Waals surface area (Å²) in [5.74, 6) is -0.338. The fourth-order valence-corrected chi connectivity index (χ4v) is 5.45. The summed E-state index contributed by atoms with van der Waals surface area (Å²) < 4.78 is 32.3. The summed E-state index contributed by atoms with van der Waals surface area (Å²) in [4.78, 5) is 24.6. The van der Waals surface area contributed by atoms with E-state index >= 15 is 0 Å². The van der Waals surface area contributed by atoms with Crippen LogP contribution in [0.4, 0.5) is 0 Å². The molecule has 0 radical (unpaired) electrons. The lowest BCUT2D eigenvalue weighted by Gasteiger charge is -2.32. The van der Waals surface area contributed by atoms with Gasteiger partial charge in [0.15, 0.2) is 0 Å². The zero-order valence-electron chi connectivity index (χ0n) is 16.5. The van der Waals surface area contributed by atoms with Crippen molar-refractivity contribution in [2.45, 2.75) is 49.6 Å². The highest BCUT2D eigenvalue weighted by molar-refractivity contribution is 7.98. The Morgan fingerprint density at radius 2 is 2.11 bits per heavy atom. The van der Waals surface area contributed by atoms with Crippen LogP contribution in [0.25, 0.3) is 0 Å². The molecular weight excluding hydrogens is 400 g/mol. The molecule has 28 heavy (non-hydrogen) atoms. The minimum atomic E-state index is -3.67. The molecule has 1 N–H and O–H groups in total. The number of amides is 1. The van der Waals surface area contributed by atoms with Gasteiger partial charge in [0.2, 0.25) is 10.0 Å². The van der Waals surface area contributed by atoms with Crippen molar-refractivity contribution in [1.29, 1.82) is 0 Å². The van der Waals surface area contributed by atoms with Gasteiger partial charge in [0.05, 0.1) is 12.0 Å². The summed E-state index contributed by atoms with van der Waals surface area (Å²) >= 11 is 1.56. The van der Waals surface area contributed by atoms with E-state index in [1.54, 1.807) is 17.8 Å². The van der Waals surface area contributed by atoms with Gasteiger partial charge in [-0.15, -0.1) is 0 Å². The molecule has 1 amide bonds. The molecule has 1 aromatic carbocycles. The van der Waals surface area contributed by atoms with Crippen LogP contribution in [-0.2, 0) is 19.6 Å². The van der Waals surface area contributed by atoms with Crippen LogP contribution in [0.15, 0.2) is 29.2 Å². The number of hydrogen-bond donors (Lipinski definition) is 1. The zero-order chi connectivity index (χ0) is 20.7. The summed E-state index contributed by atoms with van der Waals surface area (Å²) in [6.07, 6.45) is 5.02. The van der Waals surface area contributed by atoms with Crippen LogP contribution >= 0.6 is 11.8 Å². The number of methoxy groups -OCH3 is 1. The predicted octanol–water partition coefficient (Wildman–Crippen LogP) is 2.27. The lowest BCUT2D eigenvalue weighted by atomic mass is 10.1. The van der Waals surface area contributed by atoms with Crippen LogP contribution in [-0.4, -0.2) is 62.3 Å². The van der Waals surface area contributed by atoms with Crippen molar-refractivity contribution < 1.29 is 22.7 Å². The highest BCUT2D eigenvalue weighted by Gasteiger charge is 2.31. The molecule has 0 bridgehead atoms. The third-order valence-electron chi connectivity index (χ3n) is 4.85. The van der Waals surface area contributed by atoms with Gasteiger partial charge in [-0.3, -0.25) is 4.79 Å².